The Bertz CT molecular complexity index is 1180. The zero-order valence-corrected chi connectivity index (χ0v) is 18.2. The molecule has 2 aromatic carbocycles. The number of pyridine rings is 1. The highest BCUT2D eigenvalue weighted by molar-refractivity contribution is 5.94. The second-order valence-electron chi connectivity index (χ2n) is 9.00. The van der Waals surface area contributed by atoms with Crippen molar-refractivity contribution < 1.29 is 13.9 Å². The third-order valence-corrected chi connectivity index (χ3v) is 5.56. The van der Waals surface area contributed by atoms with E-state index in [1.54, 1.807) is 24.4 Å². The molecule has 1 aliphatic heterocycles. The molecule has 3 unspecified atom stereocenters. The summed E-state index contributed by atoms with van der Waals surface area (Å²) in [4.78, 5) is 16.8. The van der Waals surface area contributed by atoms with E-state index < -0.39 is 11.6 Å². The SMILES string of the molecule is CC(C)(C)C(=O)OC1CC(Nc2ccnc3c(C#N)cccc23)C(c2ccc(F)cc2)N1. The molecule has 3 aromatic rings. The number of halogens is 1. The molecule has 1 saturated heterocycles. The van der Waals surface area contributed by atoms with Crippen molar-refractivity contribution in [2.24, 2.45) is 5.41 Å². The number of hydrogen-bond donors (Lipinski definition) is 2. The van der Waals surface area contributed by atoms with Gasteiger partial charge in [-0.1, -0.05) is 24.3 Å². The summed E-state index contributed by atoms with van der Waals surface area (Å²) in [5, 5.41) is 17.2. The average Bonchev–Trinajstić information content (AvgIpc) is 3.15. The maximum atomic E-state index is 13.5. The molecule has 7 heteroatoms. The highest BCUT2D eigenvalue weighted by atomic mass is 19.1. The van der Waals surface area contributed by atoms with Crippen molar-refractivity contribution in [3.63, 3.8) is 0 Å². The summed E-state index contributed by atoms with van der Waals surface area (Å²) in [6, 6.07) is 15.5. The molecular formula is C25H25FN4O2. The van der Waals surface area contributed by atoms with Gasteiger partial charge < -0.3 is 10.1 Å². The Morgan fingerprint density at radius 2 is 1.97 bits per heavy atom. The number of hydrogen-bond acceptors (Lipinski definition) is 6. The zero-order valence-electron chi connectivity index (χ0n) is 18.2. The second-order valence-corrected chi connectivity index (χ2v) is 9.00. The third kappa shape index (κ3) is 4.41. The maximum Gasteiger partial charge on any atom is 0.312 e. The van der Waals surface area contributed by atoms with Crippen LogP contribution in [0.3, 0.4) is 0 Å². The first-order valence-electron chi connectivity index (χ1n) is 10.5. The van der Waals surface area contributed by atoms with Crippen LogP contribution in [-0.4, -0.2) is 23.2 Å². The number of esters is 1. The first kappa shape index (κ1) is 21.7. The van der Waals surface area contributed by atoms with Gasteiger partial charge >= 0.3 is 5.97 Å². The molecule has 32 heavy (non-hydrogen) atoms. The van der Waals surface area contributed by atoms with Crippen molar-refractivity contribution in [2.75, 3.05) is 5.32 Å². The third-order valence-electron chi connectivity index (χ3n) is 5.56. The molecule has 1 fully saturated rings. The lowest BCUT2D eigenvalue weighted by atomic mass is 9.97. The Hall–Kier alpha value is -3.50. The minimum atomic E-state index is -0.617. The summed E-state index contributed by atoms with van der Waals surface area (Å²) in [6.45, 7) is 5.44. The number of nitriles is 1. The van der Waals surface area contributed by atoms with Gasteiger partial charge in [-0.05, 0) is 50.6 Å². The fraction of sp³-hybridized carbons (Fsp3) is 0.320. The Balaban J connectivity index is 1.65. The molecular weight excluding hydrogens is 407 g/mol. The minimum absolute atomic E-state index is 0.144. The van der Waals surface area contributed by atoms with Crippen LogP contribution >= 0.6 is 0 Å². The van der Waals surface area contributed by atoms with Crippen molar-refractivity contribution in [2.45, 2.75) is 45.5 Å². The molecule has 6 nitrogen and oxygen atoms in total. The van der Waals surface area contributed by atoms with Gasteiger partial charge in [0, 0.05) is 23.7 Å². The predicted octanol–water partition coefficient (Wildman–Crippen LogP) is 4.68. The monoisotopic (exact) mass is 432 g/mol. The normalized spacial score (nSPS) is 20.7. The lowest BCUT2D eigenvalue weighted by Crippen LogP contribution is -2.34. The van der Waals surface area contributed by atoms with E-state index in [1.165, 1.54) is 12.1 Å². The molecule has 1 aromatic heterocycles. The number of ether oxygens (including phenoxy) is 1. The number of para-hydroxylation sites is 1. The van der Waals surface area contributed by atoms with E-state index >= 15 is 0 Å². The van der Waals surface area contributed by atoms with E-state index in [0.717, 1.165) is 16.6 Å². The number of anilines is 1. The molecule has 4 rings (SSSR count). The molecule has 2 N–H and O–H groups in total. The van der Waals surface area contributed by atoms with Crippen LogP contribution in [0.25, 0.3) is 10.9 Å². The Morgan fingerprint density at radius 1 is 1.22 bits per heavy atom. The van der Waals surface area contributed by atoms with Crippen molar-refractivity contribution >= 4 is 22.6 Å². The quantitative estimate of drug-likeness (QED) is 0.583. The molecule has 0 bridgehead atoms. The van der Waals surface area contributed by atoms with Crippen LogP contribution in [0.1, 0.15) is 44.4 Å². The Labute approximate surface area is 186 Å². The van der Waals surface area contributed by atoms with Gasteiger partial charge in [-0.2, -0.15) is 5.26 Å². The largest absolute Gasteiger partial charge is 0.446 e. The number of nitrogens with zero attached hydrogens (tertiary/aromatic N) is 2. The number of aromatic nitrogens is 1. The van der Waals surface area contributed by atoms with Crippen molar-refractivity contribution in [1.82, 2.24) is 10.3 Å². The van der Waals surface area contributed by atoms with E-state index in [-0.39, 0.29) is 23.9 Å². The fourth-order valence-electron chi connectivity index (χ4n) is 3.87. The Kier molecular flexibility index (Phi) is 5.81. The van der Waals surface area contributed by atoms with Gasteiger partial charge in [0.25, 0.3) is 0 Å². The van der Waals surface area contributed by atoms with Gasteiger partial charge in [0.05, 0.1) is 28.6 Å². The van der Waals surface area contributed by atoms with Gasteiger partial charge in [-0.25, -0.2) is 4.39 Å². The van der Waals surface area contributed by atoms with Gasteiger partial charge in [-0.3, -0.25) is 15.1 Å². The first-order valence-corrected chi connectivity index (χ1v) is 10.5. The smallest absolute Gasteiger partial charge is 0.312 e. The molecule has 1 aliphatic rings. The van der Waals surface area contributed by atoms with Gasteiger partial charge in [-0.15, -0.1) is 0 Å². The topological polar surface area (TPSA) is 87.0 Å². The van der Waals surface area contributed by atoms with Crippen LogP contribution in [0.2, 0.25) is 0 Å². The summed E-state index contributed by atoms with van der Waals surface area (Å²) in [5.41, 5.74) is 2.22. The first-order chi connectivity index (χ1) is 15.3. The molecule has 0 spiro atoms. The summed E-state index contributed by atoms with van der Waals surface area (Å²) >= 11 is 0. The minimum Gasteiger partial charge on any atom is -0.446 e. The van der Waals surface area contributed by atoms with Crippen LogP contribution in [0.4, 0.5) is 10.1 Å². The summed E-state index contributed by atoms with van der Waals surface area (Å²) in [5.74, 6) is -0.599. The highest BCUT2D eigenvalue weighted by Gasteiger charge is 2.38. The van der Waals surface area contributed by atoms with E-state index in [2.05, 4.69) is 21.7 Å². The van der Waals surface area contributed by atoms with Gasteiger partial charge in [0.2, 0.25) is 0 Å². The van der Waals surface area contributed by atoms with Crippen LogP contribution in [-0.2, 0) is 9.53 Å². The molecule has 2 heterocycles. The van der Waals surface area contributed by atoms with Crippen LogP contribution in [0, 0.1) is 22.6 Å². The van der Waals surface area contributed by atoms with Gasteiger partial charge in [0.1, 0.15) is 11.9 Å². The summed E-state index contributed by atoms with van der Waals surface area (Å²) < 4.78 is 19.2. The molecule has 0 aliphatic carbocycles. The number of carbonyl (C=O) groups is 1. The number of benzene rings is 2. The van der Waals surface area contributed by atoms with E-state index in [9.17, 15) is 14.4 Å². The Morgan fingerprint density at radius 3 is 2.66 bits per heavy atom. The average molecular weight is 432 g/mol. The van der Waals surface area contributed by atoms with Crippen molar-refractivity contribution in [3.05, 3.63) is 71.7 Å². The lowest BCUT2D eigenvalue weighted by Gasteiger charge is -2.23. The molecule has 164 valence electrons. The lowest BCUT2D eigenvalue weighted by molar-refractivity contribution is -0.159. The van der Waals surface area contributed by atoms with Gasteiger partial charge in [0.15, 0.2) is 6.23 Å². The van der Waals surface area contributed by atoms with E-state index in [1.807, 2.05) is 39.0 Å². The molecule has 0 saturated carbocycles. The standard InChI is InChI=1S/C25H25FN4O2/c1-25(2,3)24(31)32-21-13-20(23(30-21)15-7-9-17(26)10-8-15)29-19-11-12-28-22-16(14-27)5-4-6-18(19)22/h4-12,20-21,23,30H,13H2,1-3H3,(H,28,29). The van der Waals surface area contributed by atoms with E-state index in [4.69, 9.17) is 4.74 Å². The van der Waals surface area contributed by atoms with Crippen LogP contribution in [0.15, 0.2) is 54.7 Å². The van der Waals surface area contributed by atoms with Crippen LogP contribution < -0.4 is 10.6 Å². The van der Waals surface area contributed by atoms with Crippen LogP contribution in [0.5, 0.6) is 0 Å². The highest BCUT2D eigenvalue weighted by Crippen LogP contribution is 2.33. The number of nitrogens with one attached hydrogen (secondary N) is 2. The summed E-state index contributed by atoms with van der Waals surface area (Å²) in [7, 11) is 0. The summed E-state index contributed by atoms with van der Waals surface area (Å²) in [6.07, 6.45) is 1.70. The van der Waals surface area contributed by atoms with Crippen molar-refractivity contribution in [1.29, 1.82) is 5.26 Å². The molecule has 0 amide bonds. The number of fused-ring (bicyclic) bond motifs is 1. The predicted molar refractivity (Wildman–Crippen MR) is 120 cm³/mol. The number of carbonyl (C=O) groups excluding carboxylic acids is 1. The zero-order chi connectivity index (χ0) is 22.9. The van der Waals surface area contributed by atoms with Crippen molar-refractivity contribution in [3.8, 4) is 6.07 Å². The van der Waals surface area contributed by atoms with E-state index in [0.29, 0.717) is 17.5 Å². The fourth-order valence-corrected chi connectivity index (χ4v) is 3.87. The second kappa shape index (κ2) is 8.56. The molecule has 0 radical (unpaired) electrons. The number of rotatable bonds is 4. The molecule has 3 atom stereocenters. The maximum absolute atomic E-state index is 13.5.